The zero-order chi connectivity index (χ0) is 25.3. The fourth-order valence-electron chi connectivity index (χ4n) is 3.65. The SMILES string of the molecule is C[C@H](CC(=O)[C@@H](N)CCCCCCC1(O)O[C@H](CO)[C@H](O)[C@H](O)[C@H]1O)C(=O)N[C@@H](C)C(=O)O. The number of carboxylic acid groups (broad SMARTS) is 1. The van der Waals surface area contributed by atoms with Gasteiger partial charge in [-0.25, -0.2) is 0 Å². The number of carboxylic acids is 1. The first kappa shape index (κ1) is 29.4. The van der Waals surface area contributed by atoms with Gasteiger partial charge in [-0.3, -0.25) is 14.4 Å². The van der Waals surface area contributed by atoms with Gasteiger partial charge in [-0.1, -0.05) is 26.2 Å². The fourth-order valence-corrected chi connectivity index (χ4v) is 3.65. The standard InChI is InChI=1S/C21H38N2O10/c1-11(19(29)23-12(2)20(30)31)9-14(25)13(22)7-5-3-4-6-8-21(32)18(28)17(27)16(26)15(10-24)33-21/h11-13,15-18,24,26-28,32H,3-10,22H2,1-2H3,(H,23,29)(H,30,31)/t11-,12+,13+,15-,16+,17+,18-,21?/m1/s1. The smallest absolute Gasteiger partial charge is 0.325 e. The summed E-state index contributed by atoms with van der Waals surface area (Å²) in [5.74, 6) is -4.79. The second-order valence-electron chi connectivity index (χ2n) is 8.81. The van der Waals surface area contributed by atoms with E-state index in [2.05, 4.69) is 5.32 Å². The number of amides is 1. The minimum absolute atomic E-state index is 0.0270. The molecule has 0 aromatic rings. The molecule has 8 atom stereocenters. The van der Waals surface area contributed by atoms with E-state index in [0.29, 0.717) is 32.1 Å². The topological polar surface area (TPSA) is 220 Å². The number of ether oxygens (including phenoxy) is 1. The van der Waals surface area contributed by atoms with Crippen LogP contribution in [0.15, 0.2) is 0 Å². The minimum atomic E-state index is -2.09. The summed E-state index contributed by atoms with van der Waals surface area (Å²) in [6, 6.07) is -1.81. The summed E-state index contributed by atoms with van der Waals surface area (Å²) in [5, 5.41) is 60.4. The lowest BCUT2D eigenvalue weighted by Gasteiger charge is -2.45. The van der Waals surface area contributed by atoms with Gasteiger partial charge in [0.15, 0.2) is 5.79 Å². The van der Waals surface area contributed by atoms with Crippen molar-refractivity contribution in [3.05, 3.63) is 0 Å². The number of nitrogens with one attached hydrogen (secondary N) is 1. The first-order chi connectivity index (χ1) is 15.3. The molecule has 0 bridgehead atoms. The highest BCUT2D eigenvalue weighted by atomic mass is 16.7. The fraction of sp³-hybridized carbons (Fsp3) is 0.857. The molecule has 1 unspecified atom stereocenters. The van der Waals surface area contributed by atoms with Crippen LogP contribution in [-0.2, 0) is 19.1 Å². The Morgan fingerprint density at radius 3 is 2.24 bits per heavy atom. The highest BCUT2D eigenvalue weighted by molar-refractivity contribution is 5.90. The lowest BCUT2D eigenvalue weighted by Crippen LogP contribution is -2.65. The number of hydrogen-bond donors (Lipinski definition) is 8. The van der Waals surface area contributed by atoms with Gasteiger partial charge in [0.05, 0.1) is 12.6 Å². The third kappa shape index (κ3) is 8.56. The molecule has 0 radical (unpaired) electrons. The first-order valence-electron chi connectivity index (χ1n) is 11.2. The van der Waals surface area contributed by atoms with Crippen LogP contribution in [-0.4, -0.2) is 97.2 Å². The molecule has 1 aliphatic rings. The molecule has 12 nitrogen and oxygen atoms in total. The van der Waals surface area contributed by atoms with Crippen molar-refractivity contribution in [2.45, 2.75) is 101 Å². The monoisotopic (exact) mass is 478 g/mol. The molecule has 1 saturated heterocycles. The number of unbranched alkanes of at least 4 members (excludes halogenated alkanes) is 3. The lowest BCUT2D eigenvalue weighted by atomic mass is 9.89. The molecule has 0 aliphatic carbocycles. The lowest BCUT2D eigenvalue weighted by molar-refractivity contribution is -0.351. The molecule has 1 aliphatic heterocycles. The van der Waals surface area contributed by atoms with Crippen LogP contribution in [0.3, 0.4) is 0 Å². The molecule has 12 heteroatoms. The Labute approximate surface area is 192 Å². The number of rotatable bonds is 14. The summed E-state index contributed by atoms with van der Waals surface area (Å²) in [5.41, 5.74) is 5.90. The Balaban J connectivity index is 2.32. The van der Waals surface area contributed by atoms with Crippen LogP contribution >= 0.6 is 0 Å². The normalized spacial score (nSPS) is 30.3. The van der Waals surface area contributed by atoms with Crippen molar-refractivity contribution in [1.29, 1.82) is 0 Å². The van der Waals surface area contributed by atoms with Crippen LogP contribution in [0.4, 0.5) is 0 Å². The summed E-state index contributed by atoms with van der Waals surface area (Å²) in [4.78, 5) is 35.0. The zero-order valence-corrected chi connectivity index (χ0v) is 19.1. The highest BCUT2D eigenvalue weighted by Crippen LogP contribution is 2.32. The molecule has 192 valence electrons. The van der Waals surface area contributed by atoms with Crippen LogP contribution in [0.1, 0.15) is 58.8 Å². The molecule has 1 fully saturated rings. The number of aliphatic hydroxyl groups excluding tert-OH is 4. The second kappa shape index (κ2) is 13.3. The van der Waals surface area contributed by atoms with E-state index in [0.717, 1.165) is 0 Å². The van der Waals surface area contributed by atoms with E-state index in [4.69, 9.17) is 15.6 Å². The average Bonchev–Trinajstić information content (AvgIpc) is 2.76. The Hall–Kier alpha value is -1.67. The number of carbonyl (C=O) groups is 3. The Morgan fingerprint density at radius 2 is 1.67 bits per heavy atom. The van der Waals surface area contributed by atoms with Crippen molar-refractivity contribution in [1.82, 2.24) is 5.32 Å². The summed E-state index contributed by atoms with van der Waals surface area (Å²) in [6.45, 7) is 2.23. The third-order valence-electron chi connectivity index (χ3n) is 5.95. The Kier molecular flexibility index (Phi) is 11.8. The van der Waals surface area contributed by atoms with Crippen LogP contribution in [0.2, 0.25) is 0 Å². The summed E-state index contributed by atoms with van der Waals surface area (Å²) >= 11 is 0. The van der Waals surface area contributed by atoms with E-state index >= 15 is 0 Å². The summed E-state index contributed by atoms with van der Waals surface area (Å²) < 4.78 is 5.20. The van der Waals surface area contributed by atoms with Gasteiger partial charge in [0, 0.05) is 18.8 Å². The van der Waals surface area contributed by atoms with Crippen molar-refractivity contribution < 1.29 is 49.8 Å². The number of aliphatic hydroxyl groups is 5. The number of hydrogen-bond acceptors (Lipinski definition) is 10. The van der Waals surface area contributed by atoms with Gasteiger partial charge >= 0.3 is 5.97 Å². The first-order valence-corrected chi connectivity index (χ1v) is 11.2. The molecule has 0 saturated carbocycles. The number of Topliss-reactive ketones (excluding diaryl/α,β-unsaturated/α-hetero) is 1. The van der Waals surface area contributed by atoms with Crippen molar-refractivity contribution in [2.75, 3.05) is 6.61 Å². The molecule has 9 N–H and O–H groups in total. The van der Waals surface area contributed by atoms with Gasteiger partial charge in [-0.15, -0.1) is 0 Å². The van der Waals surface area contributed by atoms with Gasteiger partial charge in [0.25, 0.3) is 0 Å². The van der Waals surface area contributed by atoms with E-state index in [9.17, 15) is 39.9 Å². The Morgan fingerprint density at radius 1 is 1.06 bits per heavy atom. The van der Waals surface area contributed by atoms with Gasteiger partial charge in [0.1, 0.15) is 36.2 Å². The average molecular weight is 479 g/mol. The third-order valence-corrected chi connectivity index (χ3v) is 5.95. The van der Waals surface area contributed by atoms with E-state index in [1.165, 1.54) is 13.8 Å². The minimum Gasteiger partial charge on any atom is -0.480 e. The van der Waals surface area contributed by atoms with Crippen molar-refractivity contribution in [2.24, 2.45) is 11.7 Å². The van der Waals surface area contributed by atoms with Gasteiger partial charge in [0.2, 0.25) is 5.91 Å². The molecule has 0 spiro atoms. The van der Waals surface area contributed by atoms with Crippen molar-refractivity contribution >= 4 is 17.7 Å². The molecular formula is C21H38N2O10. The van der Waals surface area contributed by atoms with Crippen LogP contribution in [0.25, 0.3) is 0 Å². The van der Waals surface area contributed by atoms with E-state index in [1.54, 1.807) is 0 Å². The van der Waals surface area contributed by atoms with Gasteiger partial charge < -0.3 is 46.4 Å². The molecule has 1 heterocycles. The van der Waals surface area contributed by atoms with Crippen LogP contribution in [0, 0.1) is 5.92 Å². The van der Waals surface area contributed by atoms with Crippen LogP contribution in [0.5, 0.6) is 0 Å². The Bertz CT molecular complexity index is 661. The van der Waals surface area contributed by atoms with Crippen LogP contribution < -0.4 is 11.1 Å². The molecule has 0 aromatic carbocycles. The molecular weight excluding hydrogens is 440 g/mol. The summed E-state index contributed by atoms with van der Waals surface area (Å²) in [7, 11) is 0. The largest absolute Gasteiger partial charge is 0.480 e. The zero-order valence-electron chi connectivity index (χ0n) is 19.1. The number of ketones is 1. The van der Waals surface area contributed by atoms with Gasteiger partial charge in [-0.05, 0) is 19.8 Å². The van der Waals surface area contributed by atoms with E-state index in [-0.39, 0.29) is 18.6 Å². The molecule has 1 rings (SSSR count). The van der Waals surface area contributed by atoms with E-state index in [1.807, 2.05) is 0 Å². The predicted octanol–water partition coefficient (Wildman–Crippen LogP) is -2.00. The van der Waals surface area contributed by atoms with Crippen molar-refractivity contribution in [3.63, 3.8) is 0 Å². The quantitative estimate of drug-likeness (QED) is 0.128. The molecule has 1 amide bonds. The predicted molar refractivity (Wildman–Crippen MR) is 115 cm³/mol. The second-order valence-corrected chi connectivity index (χ2v) is 8.81. The number of nitrogens with two attached hydrogens (primary N) is 1. The highest BCUT2D eigenvalue weighted by Gasteiger charge is 2.51. The molecule has 33 heavy (non-hydrogen) atoms. The maximum atomic E-state index is 12.2. The number of carbonyl (C=O) groups excluding carboxylic acids is 2. The maximum absolute atomic E-state index is 12.2. The number of aliphatic carboxylic acids is 1. The maximum Gasteiger partial charge on any atom is 0.325 e. The van der Waals surface area contributed by atoms with Crippen molar-refractivity contribution in [3.8, 4) is 0 Å². The summed E-state index contributed by atoms with van der Waals surface area (Å²) in [6.07, 6.45) is -3.56. The van der Waals surface area contributed by atoms with Gasteiger partial charge in [-0.2, -0.15) is 0 Å². The molecule has 0 aromatic heterocycles. The van der Waals surface area contributed by atoms with E-state index < -0.39 is 66.7 Å².